The molecule has 0 N–H and O–H groups in total. The van der Waals surface area contributed by atoms with Gasteiger partial charge in [0.05, 0.1) is 5.88 Å². The summed E-state index contributed by atoms with van der Waals surface area (Å²) < 4.78 is 62.2. The van der Waals surface area contributed by atoms with Crippen molar-refractivity contribution in [2.75, 3.05) is 0 Å². The summed E-state index contributed by atoms with van der Waals surface area (Å²) in [5.74, 6) is -0.412. The Hall–Kier alpha value is -0.920. The Morgan fingerprint density at radius 1 is 1.38 bits per heavy atom. The number of hydrogen-bond acceptors (Lipinski definition) is 2. The van der Waals surface area contributed by atoms with Gasteiger partial charge in [0.1, 0.15) is 17.4 Å². The van der Waals surface area contributed by atoms with Crippen molar-refractivity contribution in [3.05, 3.63) is 11.4 Å². The molecular weight excluding hydrogens is 257 g/mol. The molecule has 0 fully saturated rings. The first-order valence-electron chi connectivity index (χ1n) is 4.13. The zero-order chi connectivity index (χ0) is 12.5. The molecule has 0 saturated heterocycles. The van der Waals surface area contributed by atoms with E-state index in [0.717, 1.165) is 6.92 Å². The highest BCUT2D eigenvalue weighted by molar-refractivity contribution is 6.16. The van der Waals surface area contributed by atoms with Crippen LogP contribution in [0.5, 0.6) is 0 Å². The second-order valence-electron chi connectivity index (χ2n) is 3.02. The van der Waals surface area contributed by atoms with Gasteiger partial charge in [0, 0.05) is 0 Å². The van der Waals surface area contributed by atoms with Crippen molar-refractivity contribution in [2.45, 2.75) is 31.4 Å². The third-order valence-corrected chi connectivity index (χ3v) is 2.23. The van der Waals surface area contributed by atoms with Crippen molar-refractivity contribution >= 4 is 11.6 Å². The van der Waals surface area contributed by atoms with Gasteiger partial charge in [-0.2, -0.15) is 13.2 Å². The monoisotopic (exact) mass is 263 g/mol. The molecule has 1 aromatic rings. The molecule has 9 heteroatoms. The summed E-state index contributed by atoms with van der Waals surface area (Å²) in [6.07, 6.45) is -7.77. The number of halogens is 6. The van der Waals surface area contributed by atoms with Crippen molar-refractivity contribution in [3.63, 3.8) is 0 Å². The molecule has 0 aliphatic rings. The predicted molar refractivity (Wildman–Crippen MR) is 45.3 cm³/mol. The Morgan fingerprint density at radius 2 is 1.94 bits per heavy atom. The summed E-state index contributed by atoms with van der Waals surface area (Å²) in [6.45, 7) is 0.721. The third-order valence-electron chi connectivity index (χ3n) is 1.98. The van der Waals surface area contributed by atoms with E-state index in [0.29, 0.717) is 0 Å². The summed E-state index contributed by atoms with van der Waals surface area (Å²) in [6, 6.07) is -2.17. The van der Waals surface area contributed by atoms with Gasteiger partial charge in [-0.25, -0.2) is 13.5 Å². The number of hydrogen-bond donors (Lipinski definition) is 0. The molecule has 92 valence electrons. The minimum atomic E-state index is -4.67. The molecule has 1 atom stereocenters. The first-order valence-corrected chi connectivity index (χ1v) is 4.67. The lowest BCUT2D eigenvalue weighted by Gasteiger charge is -2.17. The fourth-order valence-corrected chi connectivity index (χ4v) is 1.27. The average Bonchev–Trinajstić information content (AvgIpc) is 2.57. The maximum atomic E-state index is 12.5. The molecule has 1 heterocycles. The van der Waals surface area contributed by atoms with Gasteiger partial charge >= 0.3 is 6.18 Å². The normalized spacial score (nSPS) is 14.5. The average molecular weight is 264 g/mol. The molecule has 1 rings (SSSR count). The first kappa shape index (κ1) is 13.1. The van der Waals surface area contributed by atoms with E-state index in [-0.39, 0.29) is 10.4 Å². The summed E-state index contributed by atoms with van der Waals surface area (Å²) in [5.41, 5.74) is -1.23. The van der Waals surface area contributed by atoms with Crippen LogP contribution in [0.25, 0.3) is 0 Å². The maximum Gasteiger partial charge on any atom is 0.410 e. The van der Waals surface area contributed by atoms with Gasteiger partial charge in [0.2, 0.25) is 0 Å². The molecule has 3 nitrogen and oxygen atoms in total. The van der Waals surface area contributed by atoms with Crippen LogP contribution in [0.4, 0.5) is 22.0 Å². The zero-order valence-electron chi connectivity index (χ0n) is 7.97. The van der Waals surface area contributed by atoms with E-state index in [2.05, 4.69) is 10.3 Å². The van der Waals surface area contributed by atoms with E-state index in [4.69, 9.17) is 11.6 Å². The van der Waals surface area contributed by atoms with Crippen LogP contribution < -0.4 is 0 Å². The predicted octanol–water partition coefficient (Wildman–Crippen LogP) is 3.08. The Kier molecular flexibility index (Phi) is 3.72. The molecule has 1 aromatic heterocycles. The van der Waals surface area contributed by atoms with Gasteiger partial charge in [0.25, 0.3) is 6.43 Å². The minimum absolute atomic E-state index is 0.155. The van der Waals surface area contributed by atoms with Crippen LogP contribution in [0.15, 0.2) is 0 Å². The number of aromatic nitrogens is 3. The van der Waals surface area contributed by atoms with Crippen molar-refractivity contribution in [1.82, 2.24) is 15.0 Å². The lowest BCUT2D eigenvalue weighted by molar-refractivity contribution is -0.166. The Labute approximate surface area is 92.2 Å². The number of alkyl halides is 6. The Bertz CT molecular complexity index is 361. The lowest BCUT2D eigenvalue weighted by Crippen LogP contribution is -2.26. The van der Waals surface area contributed by atoms with Crippen LogP contribution in [0, 0.1) is 0 Å². The maximum absolute atomic E-state index is 12.5. The van der Waals surface area contributed by atoms with Gasteiger partial charge in [-0.05, 0) is 6.92 Å². The zero-order valence-corrected chi connectivity index (χ0v) is 8.73. The molecule has 0 radical (unpaired) electrons. The summed E-state index contributed by atoms with van der Waals surface area (Å²) in [7, 11) is 0. The van der Waals surface area contributed by atoms with E-state index < -0.39 is 30.2 Å². The molecule has 0 bridgehead atoms. The third kappa shape index (κ3) is 2.42. The van der Waals surface area contributed by atoms with Gasteiger partial charge in [-0.1, -0.05) is 5.21 Å². The fourth-order valence-electron chi connectivity index (χ4n) is 1.08. The first-order chi connectivity index (χ1) is 7.29. The highest BCUT2D eigenvalue weighted by Gasteiger charge is 2.41. The quantitative estimate of drug-likeness (QED) is 0.620. The van der Waals surface area contributed by atoms with Gasteiger partial charge in [-0.3, -0.25) is 0 Å². The molecule has 0 spiro atoms. The molecule has 0 aliphatic heterocycles. The summed E-state index contributed by atoms with van der Waals surface area (Å²) in [4.78, 5) is 0. The van der Waals surface area contributed by atoms with Crippen LogP contribution in [-0.2, 0) is 5.88 Å². The molecule has 0 saturated carbocycles. The lowest BCUT2D eigenvalue weighted by atomic mass is 10.3. The van der Waals surface area contributed by atoms with E-state index in [1.54, 1.807) is 0 Å². The van der Waals surface area contributed by atoms with Crippen molar-refractivity contribution in [1.29, 1.82) is 0 Å². The topological polar surface area (TPSA) is 30.7 Å². The second kappa shape index (κ2) is 4.52. The van der Waals surface area contributed by atoms with Gasteiger partial charge < -0.3 is 0 Å². The summed E-state index contributed by atoms with van der Waals surface area (Å²) in [5, 5.41) is 6.25. The number of rotatable bonds is 3. The van der Waals surface area contributed by atoms with Crippen LogP contribution in [0.2, 0.25) is 0 Å². The highest BCUT2D eigenvalue weighted by atomic mass is 35.5. The van der Waals surface area contributed by atoms with Crippen LogP contribution in [0.1, 0.15) is 30.8 Å². The smallest absolute Gasteiger partial charge is 0.231 e. The molecule has 0 aliphatic carbocycles. The Balaban J connectivity index is 3.19. The van der Waals surface area contributed by atoms with Gasteiger partial charge in [0.15, 0.2) is 0 Å². The van der Waals surface area contributed by atoms with Crippen LogP contribution >= 0.6 is 11.6 Å². The summed E-state index contributed by atoms with van der Waals surface area (Å²) >= 11 is 5.28. The SMILES string of the molecule is CC(n1nnc(CCl)c1C(F)F)C(F)(F)F. The largest absolute Gasteiger partial charge is 0.410 e. The highest BCUT2D eigenvalue weighted by Crippen LogP contribution is 2.33. The van der Waals surface area contributed by atoms with E-state index >= 15 is 0 Å². The van der Waals surface area contributed by atoms with Crippen molar-refractivity contribution < 1.29 is 22.0 Å². The van der Waals surface area contributed by atoms with Crippen LogP contribution in [-0.4, -0.2) is 21.2 Å². The fraction of sp³-hybridized carbons (Fsp3) is 0.714. The standard InChI is InChI=1S/C7H7ClF5N3/c1-3(7(11,12)13)16-5(6(9)10)4(2-8)14-15-16/h3,6H,2H2,1H3. The Morgan fingerprint density at radius 3 is 2.31 bits per heavy atom. The molecule has 1 unspecified atom stereocenters. The molecular formula is C7H7ClF5N3. The van der Waals surface area contributed by atoms with E-state index in [1.165, 1.54) is 0 Å². The van der Waals surface area contributed by atoms with Crippen LogP contribution in [0.3, 0.4) is 0 Å². The second-order valence-corrected chi connectivity index (χ2v) is 3.29. The number of nitrogens with zero attached hydrogens (tertiary/aromatic N) is 3. The van der Waals surface area contributed by atoms with Gasteiger partial charge in [-0.15, -0.1) is 16.7 Å². The van der Waals surface area contributed by atoms with E-state index in [1.807, 2.05) is 0 Å². The van der Waals surface area contributed by atoms with E-state index in [9.17, 15) is 22.0 Å². The molecule has 0 aromatic carbocycles. The molecule has 16 heavy (non-hydrogen) atoms. The van der Waals surface area contributed by atoms with Crippen molar-refractivity contribution in [3.8, 4) is 0 Å². The minimum Gasteiger partial charge on any atom is -0.231 e. The van der Waals surface area contributed by atoms with Crippen molar-refractivity contribution in [2.24, 2.45) is 0 Å². The molecule has 0 amide bonds.